The van der Waals surface area contributed by atoms with Crippen molar-refractivity contribution >= 4 is 21.9 Å². The zero-order valence-corrected chi connectivity index (χ0v) is 13.7. The van der Waals surface area contributed by atoms with Crippen LogP contribution in [0.4, 0.5) is 0 Å². The summed E-state index contributed by atoms with van der Waals surface area (Å²) in [6.45, 7) is 0. The third kappa shape index (κ3) is 2.31. The van der Waals surface area contributed by atoms with Crippen LogP contribution in [0.3, 0.4) is 0 Å². The van der Waals surface area contributed by atoms with E-state index in [9.17, 15) is 0 Å². The summed E-state index contributed by atoms with van der Waals surface area (Å²) in [6.07, 6.45) is 5.57. The van der Waals surface area contributed by atoms with E-state index in [1.807, 2.05) is 31.6 Å². The molecule has 0 bridgehead atoms. The topological polar surface area (TPSA) is 43.9 Å². The van der Waals surface area contributed by atoms with Gasteiger partial charge in [0.2, 0.25) is 0 Å². The van der Waals surface area contributed by atoms with Gasteiger partial charge in [-0.15, -0.1) is 0 Å². The quantitative estimate of drug-likeness (QED) is 0.456. The normalized spacial score (nSPS) is 11.4. The minimum absolute atomic E-state index is 0.788. The van der Waals surface area contributed by atoms with E-state index < -0.39 is 0 Å². The predicted molar refractivity (Wildman–Crippen MR) is 99.2 cm³/mol. The molecule has 0 aliphatic carbocycles. The van der Waals surface area contributed by atoms with E-state index in [1.54, 1.807) is 10.9 Å². The summed E-state index contributed by atoms with van der Waals surface area (Å²) in [6, 6.07) is 18.7. The molecule has 4 heteroatoms. The number of hydrogen-bond acceptors (Lipinski definition) is 3. The number of benzene rings is 2. The van der Waals surface area contributed by atoms with Crippen molar-refractivity contribution in [2.45, 2.75) is 0 Å². The summed E-state index contributed by atoms with van der Waals surface area (Å²) in [7, 11) is 1.90. The molecule has 0 saturated heterocycles. The summed E-state index contributed by atoms with van der Waals surface area (Å²) < 4.78 is 7.51. The lowest BCUT2D eigenvalue weighted by atomic mass is 10.0. The van der Waals surface area contributed by atoms with Crippen molar-refractivity contribution in [3.8, 4) is 22.4 Å². The molecule has 5 aromatic rings. The lowest BCUT2D eigenvalue weighted by Gasteiger charge is -2.03. The second-order valence-electron chi connectivity index (χ2n) is 6.16. The molecule has 0 radical (unpaired) electrons. The van der Waals surface area contributed by atoms with Gasteiger partial charge in [-0.1, -0.05) is 36.4 Å². The fourth-order valence-corrected chi connectivity index (χ4v) is 3.19. The van der Waals surface area contributed by atoms with Crippen LogP contribution < -0.4 is 0 Å². The first-order chi connectivity index (χ1) is 12.3. The molecule has 120 valence electrons. The van der Waals surface area contributed by atoms with E-state index in [1.165, 1.54) is 10.8 Å². The number of aromatic nitrogens is 3. The van der Waals surface area contributed by atoms with Crippen molar-refractivity contribution in [2.24, 2.45) is 7.05 Å². The van der Waals surface area contributed by atoms with Gasteiger partial charge >= 0.3 is 0 Å². The van der Waals surface area contributed by atoms with E-state index in [4.69, 9.17) is 9.40 Å². The van der Waals surface area contributed by atoms with E-state index in [2.05, 4.69) is 47.6 Å². The Bertz CT molecular complexity index is 1220. The standard InChI is InChI=1S/C21H15N3O/c1-24-12-17(11-22-24)19-8-9-20-21(23-19)18(13-25-20)16-7-6-14-4-2-3-5-15(14)10-16/h2-13H,1H3. The van der Waals surface area contributed by atoms with Gasteiger partial charge in [0.1, 0.15) is 11.8 Å². The van der Waals surface area contributed by atoms with Crippen molar-refractivity contribution in [1.29, 1.82) is 0 Å². The SMILES string of the molecule is Cn1cc(-c2ccc3occ(-c4ccc5ccccc5c4)c3n2)cn1. The third-order valence-corrected chi connectivity index (χ3v) is 4.48. The average Bonchev–Trinajstić information content (AvgIpc) is 3.27. The average molecular weight is 325 g/mol. The molecule has 0 aliphatic rings. The fourth-order valence-electron chi connectivity index (χ4n) is 3.19. The zero-order valence-electron chi connectivity index (χ0n) is 13.7. The molecule has 25 heavy (non-hydrogen) atoms. The summed E-state index contributed by atoms with van der Waals surface area (Å²) in [5.74, 6) is 0. The molecule has 2 aromatic carbocycles. The highest BCUT2D eigenvalue weighted by molar-refractivity contribution is 5.95. The molecular formula is C21H15N3O. The third-order valence-electron chi connectivity index (χ3n) is 4.48. The van der Waals surface area contributed by atoms with Crippen LogP contribution in [0.25, 0.3) is 44.3 Å². The first kappa shape index (κ1) is 14.0. The van der Waals surface area contributed by atoms with Crippen LogP contribution in [0.1, 0.15) is 0 Å². The number of fused-ring (bicyclic) bond motifs is 2. The Kier molecular flexibility index (Phi) is 2.97. The van der Waals surface area contributed by atoms with Gasteiger partial charge in [-0.25, -0.2) is 4.98 Å². The maximum Gasteiger partial charge on any atom is 0.153 e. The van der Waals surface area contributed by atoms with Crippen molar-refractivity contribution in [1.82, 2.24) is 14.8 Å². The summed E-state index contributed by atoms with van der Waals surface area (Å²) in [4.78, 5) is 4.83. The van der Waals surface area contributed by atoms with Crippen LogP contribution in [0.15, 0.2) is 77.7 Å². The van der Waals surface area contributed by atoms with Gasteiger partial charge in [-0.05, 0) is 34.5 Å². The molecular weight excluding hydrogens is 310 g/mol. The lowest BCUT2D eigenvalue weighted by molar-refractivity contribution is 0.616. The van der Waals surface area contributed by atoms with Crippen LogP contribution in [0, 0.1) is 0 Å². The van der Waals surface area contributed by atoms with Crippen LogP contribution in [0.2, 0.25) is 0 Å². The molecule has 0 spiro atoms. The smallest absolute Gasteiger partial charge is 0.153 e. The van der Waals surface area contributed by atoms with Crippen LogP contribution in [0.5, 0.6) is 0 Å². The van der Waals surface area contributed by atoms with Crippen molar-refractivity contribution in [2.75, 3.05) is 0 Å². The Morgan fingerprint density at radius 1 is 0.920 bits per heavy atom. The monoisotopic (exact) mass is 325 g/mol. The van der Waals surface area contributed by atoms with E-state index in [0.717, 1.165) is 33.5 Å². The number of rotatable bonds is 2. The maximum atomic E-state index is 5.73. The molecule has 0 fully saturated rings. The van der Waals surface area contributed by atoms with Crippen molar-refractivity contribution in [3.05, 3.63) is 73.3 Å². The van der Waals surface area contributed by atoms with Crippen LogP contribution in [-0.2, 0) is 7.05 Å². The molecule has 3 aromatic heterocycles. The molecule has 5 rings (SSSR count). The Morgan fingerprint density at radius 2 is 1.80 bits per heavy atom. The maximum absolute atomic E-state index is 5.73. The minimum atomic E-state index is 0.788. The van der Waals surface area contributed by atoms with Gasteiger partial charge in [0, 0.05) is 24.4 Å². The van der Waals surface area contributed by atoms with Crippen molar-refractivity contribution in [3.63, 3.8) is 0 Å². The number of pyridine rings is 1. The van der Waals surface area contributed by atoms with Gasteiger partial charge in [0.05, 0.1) is 11.9 Å². The highest BCUT2D eigenvalue weighted by atomic mass is 16.3. The fraction of sp³-hybridized carbons (Fsp3) is 0.0476. The molecule has 0 aliphatic heterocycles. The Hall–Kier alpha value is -3.40. The number of hydrogen-bond donors (Lipinski definition) is 0. The minimum Gasteiger partial charge on any atom is -0.462 e. The second kappa shape index (κ2) is 5.31. The molecule has 0 atom stereocenters. The van der Waals surface area contributed by atoms with E-state index in [0.29, 0.717) is 0 Å². The first-order valence-corrected chi connectivity index (χ1v) is 8.14. The largest absolute Gasteiger partial charge is 0.462 e. The molecule has 0 N–H and O–H groups in total. The van der Waals surface area contributed by atoms with E-state index in [-0.39, 0.29) is 0 Å². The van der Waals surface area contributed by atoms with Crippen molar-refractivity contribution < 1.29 is 4.42 Å². The van der Waals surface area contributed by atoms with Gasteiger partial charge < -0.3 is 4.42 Å². The Labute approximate surface area is 144 Å². The highest BCUT2D eigenvalue weighted by Crippen LogP contribution is 2.32. The van der Waals surface area contributed by atoms with Crippen LogP contribution in [-0.4, -0.2) is 14.8 Å². The molecule has 0 amide bonds. The Morgan fingerprint density at radius 3 is 2.64 bits per heavy atom. The van der Waals surface area contributed by atoms with Gasteiger partial charge in [0.15, 0.2) is 5.58 Å². The van der Waals surface area contributed by atoms with Gasteiger partial charge in [-0.2, -0.15) is 5.10 Å². The predicted octanol–water partition coefficient (Wildman–Crippen LogP) is 5.05. The van der Waals surface area contributed by atoms with Gasteiger partial charge in [-0.3, -0.25) is 4.68 Å². The second-order valence-corrected chi connectivity index (χ2v) is 6.16. The molecule has 0 saturated carbocycles. The number of aryl methyl sites for hydroxylation is 1. The van der Waals surface area contributed by atoms with Gasteiger partial charge in [0.25, 0.3) is 0 Å². The lowest BCUT2D eigenvalue weighted by Crippen LogP contribution is -1.85. The zero-order chi connectivity index (χ0) is 16.8. The Balaban J connectivity index is 1.69. The summed E-state index contributed by atoms with van der Waals surface area (Å²) in [5, 5.41) is 6.66. The first-order valence-electron chi connectivity index (χ1n) is 8.14. The van der Waals surface area contributed by atoms with E-state index >= 15 is 0 Å². The molecule has 3 heterocycles. The highest BCUT2D eigenvalue weighted by Gasteiger charge is 2.12. The molecule has 4 nitrogen and oxygen atoms in total. The molecule has 0 unspecified atom stereocenters. The summed E-state index contributed by atoms with van der Waals surface area (Å²) >= 11 is 0. The summed E-state index contributed by atoms with van der Waals surface area (Å²) in [5.41, 5.74) is 5.66. The number of furan rings is 1. The number of nitrogens with zero attached hydrogens (tertiary/aromatic N) is 3. The van der Waals surface area contributed by atoms with Crippen LogP contribution >= 0.6 is 0 Å².